The van der Waals surface area contributed by atoms with Gasteiger partial charge >= 0.3 is 6.03 Å². The van der Waals surface area contributed by atoms with E-state index >= 15 is 0 Å². The fraction of sp³-hybridized carbons (Fsp3) is 0.357. The molecule has 1 N–H and O–H groups in total. The Morgan fingerprint density at radius 2 is 2.16 bits per heavy atom. The van der Waals surface area contributed by atoms with Crippen molar-refractivity contribution in [2.24, 2.45) is 0 Å². The maximum atomic E-state index is 12.5. The lowest BCUT2D eigenvalue weighted by atomic mass is 9.76. The van der Waals surface area contributed by atoms with Gasteiger partial charge in [0.25, 0.3) is 5.91 Å². The fourth-order valence-corrected chi connectivity index (χ4v) is 3.03. The van der Waals surface area contributed by atoms with Gasteiger partial charge in [-0.05, 0) is 30.4 Å². The van der Waals surface area contributed by atoms with Crippen molar-refractivity contribution in [2.75, 3.05) is 6.54 Å². The van der Waals surface area contributed by atoms with Gasteiger partial charge in [0.05, 0.1) is 6.07 Å². The zero-order chi connectivity index (χ0) is 13.5. The maximum absolute atomic E-state index is 12.5. The number of amides is 3. The van der Waals surface area contributed by atoms with Gasteiger partial charge in [0, 0.05) is 0 Å². The smallest absolute Gasteiger partial charge is 0.319 e. The van der Waals surface area contributed by atoms with E-state index in [0.29, 0.717) is 6.42 Å². The molecule has 1 aliphatic carbocycles. The van der Waals surface area contributed by atoms with Gasteiger partial charge in [0.1, 0.15) is 12.1 Å². The molecule has 96 valence electrons. The summed E-state index contributed by atoms with van der Waals surface area (Å²) in [5.41, 5.74) is 1.02. The number of nitrogens with zero attached hydrogens (tertiary/aromatic N) is 2. The molecule has 5 heteroatoms. The Hall–Kier alpha value is -2.35. The van der Waals surface area contributed by atoms with Gasteiger partial charge in [-0.3, -0.25) is 4.79 Å². The van der Waals surface area contributed by atoms with Gasteiger partial charge in [0.15, 0.2) is 0 Å². The highest BCUT2D eigenvalue weighted by Gasteiger charge is 2.53. The quantitative estimate of drug-likeness (QED) is 0.607. The Bertz CT molecular complexity index is 605. The molecule has 1 unspecified atom stereocenters. The SMILES string of the molecule is N#CCN1C(=O)NC2(CCCc3ccccc32)C1=O. The molecule has 1 aliphatic heterocycles. The number of fused-ring (bicyclic) bond motifs is 2. The summed E-state index contributed by atoms with van der Waals surface area (Å²) in [6.07, 6.45) is 2.36. The zero-order valence-electron chi connectivity index (χ0n) is 10.3. The summed E-state index contributed by atoms with van der Waals surface area (Å²) >= 11 is 0. The minimum absolute atomic E-state index is 0.200. The van der Waals surface area contributed by atoms with Crippen molar-refractivity contribution < 1.29 is 9.59 Å². The molecule has 19 heavy (non-hydrogen) atoms. The van der Waals surface area contributed by atoms with Crippen LogP contribution in [0.1, 0.15) is 24.0 Å². The molecule has 3 rings (SSSR count). The van der Waals surface area contributed by atoms with E-state index in [1.54, 1.807) is 0 Å². The molecule has 0 radical (unpaired) electrons. The van der Waals surface area contributed by atoms with E-state index < -0.39 is 11.6 Å². The van der Waals surface area contributed by atoms with Crippen LogP contribution in [0.25, 0.3) is 0 Å². The van der Waals surface area contributed by atoms with Crippen molar-refractivity contribution in [3.05, 3.63) is 35.4 Å². The molecule has 5 nitrogen and oxygen atoms in total. The highest BCUT2D eigenvalue weighted by molar-refractivity contribution is 6.07. The Labute approximate surface area is 110 Å². The maximum Gasteiger partial charge on any atom is 0.326 e. The lowest BCUT2D eigenvalue weighted by Crippen LogP contribution is -2.46. The van der Waals surface area contributed by atoms with Crippen LogP contribution in [-0.4, -0.2) is 23.4 Å². The van der Waals surface area contributed by atoms with E-state index in [4.69, 9.17) is 5.26 Å². The van der Waals surface area contributed by atoms with Gasteiger partial charge in [-0.25, -0.2) is 9.69 Å². The van der Waals surface area contributed by atoms with E-state index in [0.717, 1.165) is 28.9 Å². The summed E-state index contributed by atoms with van der Waals surface area (Å²) in [5, 5.41) is 11.5. The van der Waals surface area contributed by atoms with Crippen LogP contribution in [0.5, 0.6) is 0 Å². The van der Waals surface area contributed by atoms with Crippen LogP contribution in [-0.2, 0) is 16.8 Å². The lowest BCUT2D eigenvalue weighted by Gasteiger charge is -2.33. The molecular formula is C14H13N3O2. The van der Waals surface area contributed by atoms with E-state index in [1.165, 1.54) is 0 Å². The van der Waals surface area contributed by atoms with E-state index in [9.17, 15) is 9.59 Å². The van der Waals surface area contributed by atoms with Gasteiger partial charge in [-0.15, -0.1) is 0 Å². The first-order valence-corrected chi connectivity index (χ1v) is 6.28. The number of nitriles is 1. The van der Waals surface area contributed by atoms with Crippen LogP contribution in [0.4, 0.5) is 4.79 Å². The summed E-state index contributed by atoms with van der Waals surface area (Å²) < 4.78 is 0. The van der Waals surface area contributed by atoms with Crippen LogP contribution >= 0.6 is 0 Å². The van der Waals surface area contributed by atoms with Crippen LogP contribution in [0.15, 0.2) is 24.3 Å². The van der Waals surface area contributed by atoms with Crippen LogP contribution in [0.2, 0.25) is 0 Å². The Morgan fingerprint density at radius 3 is 2.95 bits per heavy atom. The van der Waals surface area contributed by atoms with Gasteiger partial charge in [0.2, 0.25) is 0 Å². The Balaban J connectivity index is 2.09. The number of carbonyl (C=O) groups is 2. The Morgan fingerprint density at radius 1 is 1.37 bits per heavy atom. The van der Waals surface area contributed by atoms with Crippen molar-refractivity contribution in [2.45, 2.75) is 24.8 Å². The highest BCUT2D eigenvalue weighted by atomic mass is 16.2. The number of aryl methyl sites for hydroxylation is 1. The van der Waals surface area contributed by atoms with Crippen LogP contribution in [0, 0.1) is 11.3 Å². The number of hydrogen-bond donors (Lipinski definition) is 1. The van der Waals surface area contributed by atoms with Gasteiger partial charge in [-0.1, -0.05) is 24.3 Å². The minimum atomic E-state index is -0.956. The fourth-order valence-electron chi connectivity index (χ4n) is 3.03. The largest absolute Gasteiger partial charge is 0.326 e. The summed E-state index contributed by atoms with van der Waals surface area (Å²) in [6, 6.07) is 9.08. The molecule has 1 saturated heterocycles. The molecule has 0 bridgehead atoms. The van der Waals surface area contributed by atoms with Crippen molar-refractivity contribution in [1.82, 2.24) is 10.2 Å². The lowest BCUT2D eigenvalue weighted by molar-refractivity contribution is -0.131. The van der Waals surface area contributed by atoms with Gasteiger partial charge < -0.3 is 5.32 Å². The second kappa shape index (κ2) is 4.09. The summed E-state index contributed by atoms with van der Waals surface area (Å²) in [7, 11) is 0. The summed E-state index contributed by atoms with van der Waals surface area (Å²) in [6.45, 7) is -0.200. The summed E-state index contributed by atoms with van der Waals surface area (Å²) in [5.74, 6) is -0.300. The van der Waals surface area contributed by atoms with Crippen molar-refractivity contribution in [3.63, 3.8) is 0 Å². The third-order valence-electron chi connectivity index (χ3n) is 3.88. The minimum Gasteiger partial charge on any atom is -0.319 e. The molecule has 3 amide bonds. The average molecular weight is 255 g/mol. The third-order valence-corrected chi connectivity index (χ3v) is 3.88. The molecule has 2 aliphatic rings. The van der Waals surface area contributed by atoms with E-state index in [1.807, 2.05) is 30.3 Å². The Kier molecular flexibility index (Phi) is 2.53. The predicted molar refractivity (Wildman–Crippen MR) is 66.9 cm³/mol. The van der Waals surface area contributed by atoms with Crippen molar-refractivity contribution >= 4 is 11.9 Å². The van der Waals surface area contributed by atoms with E-state index in [-0.39, 0.29) is 12.5 Å². The molecule has 1 heterocycles. The molecule has 0 aromatic heterocycles. The molecular weight excluding hydrogens is 242 g/mol. The first-order chi connectivity index (χ1) is 9.19. The molecule has 1 spiro atoms. The second-order valence-electron chi connectivity index (χ2n) is 4.90. The normalized spacial score (nSPS) is 25.1. The first kappa shape index (κ1) is 11.7. The number of imide groups is 1. The van der Waals surface area contributed by atoms with E-state index in [2.05, 4.69) is 5.32 Å². The monoisotopic (exact) mass is 255 g/mol. The zero-order valence-corrected chi connectivity index (χ0v) is 10.3. The summed E-state index contributed by atoms with van der Waals surface area (Å²) in [4.78, 5) is 25.4. The number of nitrogens with one attached hydrogen (secondary N) is 1. The van der Waals surface area contributed by atoms with Crippen LogP contribution < -0.4 is 5.32 Å². The average Bonchev–Trinajstić information content (AvgIpc) is 2.65. The molecule has 1 fully saturated rings. The molecule has 1 aromatic carbocycles. The van der Waals surface area contributed by atoms with Gasteiger partial charge in [-0.2, -0.15) is 5.26 Å². The number of benzene rings is 1. The second-order valence-corrected chi connectivity index (χ2v) is 4.90. The number of hydrogen-bond acceptors (Lipinski definition) is 3. The third kappa shape index (κ3) is 1.53. The highest BCUT2D eigenvalue weighted by Crippen LogP contribution is 2.39. The van der Waals surface area contributed by atoms with Crippen molar-refractivity contribution in [1.29, 1.82) is 5.26 Å². The molecule has 1 atom stereocenters. The predicted octanol–water partition coefficient (Wildman–Crippen LogP) is 1.29. The molecule has 0 saturated carbocycles. The number of carbonyl (C=O) groups excluding carboxylic acids is 2. The standard InChI is InChI=1S/C14H13N3O2/c15-8-9-17-12(18)14(16-13(17)19)7-3-5-10-4-1-2-6-11(10)14/h1-2,4,6H,3,5,7,9H2,(H,16,19). The van der Waals surface area contributed by atoms with Crippen molar-refractivity contribution in [3.8, 4) is 6.07 Å². The number of urea groups is 1. The number of rotatable bonds is 1. The topological polar surface area (TPSA) is 73.2 Å². The molecule has 1 aromatic rings. The first-order valence-electron chi connectivity index (χ1n) is 6.28. The van der Waals surface area contributed by atoms with Crippen LogP contribution in [0.3, 0.4) is 0 Å².